The predicted octanol–water partition coefficient (Wildman–Crippen LogP) is 1.58. The summed E-state index contributed by atoms with van der Waals surface area (Å²) in [5.74, 6) is 0.112. The van der Waals surface area contributed by atoms with Crippen molar-refractivity contribution in [1.82, 2.24) is 10.6 Å². The van der Waals surface area contributed by atoms with Gasteiger partial charge in [0.05, 0.1) is 0 Å². The van der Waals surface area contributed by atoms with Crippen LogP contribution in [-0.4, -0.2) is 25.0 Å². The number of aryl methyl sites for hydroxylation is 1. The maximum Gasteiger partial charge on any atom is 0.247 e. The van der Waals surface area contributed by atoms with Gasteiger partial charge in [0, 0.05) is 24.7 Å². The summed E-state index contributed by atoms with van der Waals surface area (Å²) in [5.41, 5.74) is 4.97. The summed E-state index contributed by atoms with van der Waals surface area (Å²) in [6.45, 7) is 3.67. The third-order valence-electron chi connectivity index (χ3n) is 4.23. The normalized spacial score (nSPS) is 21.3. The Hall–Kier alpha value is -1.61. The number of hydrogen-bond donors (Lipinski definition) is 2. The Kier molecular flexibility index (Phi) is 3.38. The molecule has 2 aliphatic rings. The molecule has 1 fully saturated rings. The van der Waals surface area contributed by atoms with Crippen LogP contribution in [0.4, 0.5) is 0 Å². The first-order valence-corrected chi connectivity index (χ1v) is 7.01. The highest BCUT2D eigenvalue weighted by atomic mass is 16.1. The van der Waals surface area contributed by atoms with Crippen molar-refractivity contribution in [1.29, 1.82) is 0 Å². The van der Waals surface area contributed by atoms with Gasteiger partial charge in [0.15, 0.2) is 0 Å². The topological polar surface area (TPSA) is 41.1 Å². The summed E-state index contributed by atoms with van der Waals surface area (Å²) in [4.78, 5) is 12.2. The Morgan fingerprint density at radius 2 is 2.00 bits per heavy atom. The molecule has 3 nitrogen and oxygen atoms in total. The largest absolute Gasteiger partial charge is 0.349 e. The summed E-state index contributed by atoms with van der Waals surface area (Å²) < 4.78 is 0. The van der Waals surface area contributed by atoms with E-state index in [1.165, 1.54) is 16.7 Å². The van der Waals surface area contributed by atoms with Gasteiger partial charge in [-0.3, -0.25) is 4.79 Å². The predicted molar refractivity (Wildman–Crippen MR) is 76.0 cm³/mol. The van der Waals surface area contributed by atoms with Crippen LogP contribution >= 0.6 is 0 Å². The number of nitrogens with one attached hydrogen (secondary N) is 2. The van der Waals surface area contributed by atoms with E-state index in [-0.39, 0.29) is 11.9 Å². The number of amides is 1. The molecule has 0 spiro atoms. The molecule has 3 rings (SSSR count). The summed E-state index contributed by atoms with van der Waals surface area (Å²) in [6, 6.07) is 8.83. The fourth-order valence-electron chi connectivity index (χ4n) is 2.79. The Labute approximate surface area is 114 Å². The Morgan fingerprint density at radius 3 is 2.68 bits per heavy atom. The molecule has 0 saturated carbocycles. The van der Waals surface area contributed by atoms with Gasteiger partial charge in [0.1, 0.15) is 0 Å². The van der Waals surface area contributed by atoms with E-state index in [0.29, 0.717) is 0 Å². The van der Waals surface area contributed by atoms with Gasteiger partial charge in [-0.1, -0.05) is 24.3 Å². The zero-order valence-corrected chi connectivity index (χ0v) is 11.3. The van der Waals surface area contributed by atoms with Crippen LogP contribution in [0.3, 0.4) is 0 Å². The van der Waals surface area contributed by atoms with Crippen LogP contribution in [-0.2, 0) is 17.6 Å². The molecular formula is C16H20N2O. The molecule has 1 heterocycles. The SMILES string of the molecule is CC(C(=O)NC1CCc2ccccc2C1)=C1CNC1. The van der Waals surface area contributed by atoms with Crippen molar-refractivity contribution < 1.29 is 4.79 Å². The van der Waals surface area contributed by atoms with Gasteiger partial charge in [-0.05, 0) is 42.9 Å². The number of carbonyl (C=O) groups is 1. The second-order valence-electron chi connectivity index (χ2n) is 5.51. The Balaban J connectivity index is 1.64. The number of rotatable bonds is 2. The van der Waals surface area contributed by atoms with Crippen LogP contribution in [0.15, 0.2) is 35.4 Å². The molecule has 1 amide bonds. The first-order valence-electron chi connectivity index (χ1n) is 7.01. The van der Waals surface area contributed by atoms with E-state index in [1.54, 1.807) is 0 Å². The van der Waals surface area contributed by atoms with Crippen LogP contribution in [0, 0.1) is 0 Å². The number of benzene rings is 1. The lowest BCUT2D eigenvalue weighted by atomic mass is 9.88. The van der Waals surface area contributed by atoms with Gasteiger partial charge in [-0.2, -0.15) is 0 Å². The number of carbonyl (C=O) groups excluding carboxylic acids is 1. The molecule has 0 radical (unpaired) electrons. The summed E-state index contributed by atoms with van der Waals surface area (Å²) in [5, 5.41) is 6.36. The van der Waals surface area contributed by atoms with Crippen LogP contribution in [0.25, 0.3) is 0 Å². The summed E-state index contributed by atoms with van der Waals surface area (Å²) in [7, 11) is 0. The highest BCUT2D eigenvalue weighted by Crippen LogP contribution is 2.21. The molecule has 1 saturated heterocycles. The molecular weight excluding hydrogens is 236 g/mol. The number of hydrogen-bond acceptors (Lipinski definition) is 2. The van der Waals surface area contributed by atoms with Crippen molar-refractivity contribution >= 4 is 5.91 Å². The van der Waals surface area contributed by atoms with E-state index in [1.807, 2.05) is 6.92 Å². The average molecular weight is 256 g/mol. The summed E-state index contributed by atoms with van der Waals surface area (Å²) in [6.07, 6.45) is 3.07. The second-order valence-corrected chi connectivity index (χ2v) is 5.51. The van der Waals surface area contributed by atoms with Crippen molar-refractivity contribution in [3.63, 3.8) is 0 Å². The molecule has 0 bridgehead atoms. The van der Waals surface area contributed by atoms with Crippen molar-refractivity contribution in [2.24, 2.45) is 0 Å². The van der Waals surface area contributed by atoms with E-state index in [4.69, 9.17) is 0 Å². The Morgan fingerprint density at radius 1 is 1.26 bits per heavy atom. The fourth-order valence-corrected chi connectivity index (χ4v) is 2.79. The molecule has 1 aliphatic carbocycles. The lowest BCUT2D eigenvalue weighted by molar-refractivity contribution is -0.118. The zero-order chi connectivity index (χ0) is 13.2. The van der Waals surface area contributed by atoms with E-state index in [2.05, 4.69) is 34.9 Å². The standard InChI is InChI=1S/C16H20N2O/c1-11(14-9-17-10-14)16(19)18-15-7-6-12-4-2-3-5-13(12)8-15/h2-5,15,17H,6-10H2,1H3,(H,18,19). The van der Waals surface area contributed by atoms with E-state index < -0.39 is 0 Å². The van der Waals surface area contributed by atoms with Gasteiger partial charge in [-0.25, -0.2) is 0 Å². The molecule has 1 unspecified atom stereocenters. The first kappa shape index (κ1) is 12.4. The van der Waals surface area contributed by atoms with Gasteiger partial charge in [-0.15, -0.1) is 0 Å². The number of fused-ring (bicyclic) bond motifs is 1. The smallest absolute Gasteiger partial charge is 0.247 e. The van der Waals surface area contributed by atoms with Gasteiger partial charge >= 0.3 is 0 Å². The van der Waals surface area contributed by atoms with Gasteiger partial charge in [0.25, 0.3) is 0 Å². The van der Waals surface area contributed by atoms with Crippen molar-refractivity contribution in [3.8, 4) is 0 Å². The molecule has 1 aromatic carbocycles. The van der Waals surface area contributed by atoms with E-state index in [0.717, 1.165) is 37.9 Å². The minimum absolute atomic E-state index is 0.112. The fraction of sp³-hybridized carbons (Fsp3) is 0.438. The maximum atomic E-state index is 12.2. The highest BCUT2D eigenvalue weighted by Gasteiger charge is 2.22. The lowest BCUT2D eigenvalue weighted by Gasteiger charge is -2.27. The third-order valence-corrected chi connectivity index (χ3v) is 4.23. The molecule has 2 N–H and O–H groups in total. The molecule has 0 aromatic heterocycles. The monoisotopic (exact) mass is 256 g/mol. The van der Waals surface area contributed by atoms with Crippen LogP contribution < -0.4 is 10.6 Å². The Bertz CT molecular complexity index is 527. The minimum atomic E-state index is 0.112. The zero-order valence-electron chi connectivity index (χ0n) is 11.3. The first-order chi connectivity index (χ1) is 9.24. The molecule has 1 aliphatic heterocycles. The van der Waals surface area contributed by atoms with Gasteiger partial charge < -0.3 is 10.6 Å². The molecule has 1 atom stereocenters. The van der Waals surface area contributed by atoms with Crippen molar-refractivity contribution in [2.45, 2.75) is 32.2 Å². The minimum Gasteiger partial charge on any atom is -0.349 e. The molecule has 3 heteroatoms. The average Bonchev–Trinajstić information content (AvgIpc) is 2.36. The van der Waals surface area contributed by atoms with E-state index in [9.17, 15) is 4.79 Å². The van der Waals surface area contributed by atoms with Crippen molar-refractivity contribution in [2.75, 3.05) is 13.1 Å². The van der Waals surface area contributed by atoms with Crippen LogP contribution in [0.1, 0.15) is 24.5 Å². The molecule has 100 valence electrons. The summed E-state index contributed by atoms with van der Waals surface area (Å²) >= 11 is 0. The maximum absolute atomic E-state index is 12.2. The second kappa shape index (κ2) is 5.17. The molecule has 19 heavy (non-hydrogen) atoms. The quantitative estimate of drug-likeness (QED) is 0.789. The van der Waals surface area contributed by atoms with E-state index >= 15 is 0 Å². The van der Waals surface area contributed by atoms with Crippen molar-refractivity contribution in [3.05, 3.63) is 46.5 Å². The third kappa shape index (κ3) is 2.56. The van der Waals surface area contributed by atoms with Crippen LogP contribution in [0.2, 0.25) is 0 Å². The molecule has 1 aromatic rings. The van der Waals surface area contributed by atoms with Crippen LogP contribution in [0.5, 0.6) is 0 Å². The highest BCUT2D eigenvalue weighted by molar-refractivity contribution is 5.94. The lowest BCUT2D eigenvalue weighted by Crippen LogP contribution is -2.42. The van der Waals surface area contributed by atoms with Gasteiger partial charge in [0.2, 0.25) is 5.91 Å².